The second-order valence-corrected chi connectivity index (χ2v) is 10.7. The summed E-state index contributed by atoms with van der Waals surface area (Å²) in [6.07, 6.45) is 1.93. The van der Waals surface area contributed by atoms with Gasteiger partial charge in [-0.2, -0.15) is 5.26 Å². The minimum Gasteiger partial charge on any atom is -0.506 e. The molecule has 0 aliphatic carbocycles. The van der Waals surface area contributed by atoms with Gasteiger partial charge >= 0.3 is 0 Å². The third-order valence-corrected chi connectivity index (χ3v) is 7.69. The van der Waals surface area contributed by atoms with E-state index in [1.807, 2.05) is 43.3 Å². The molecule has 0 unspecified atom stereocenters. The van der Waals surface area contributed by atoms with Crippen LogP contribution in [0.3, 0.4) is 0 Å². The third-order valence-electron chi connectivity index (χ3n) is 7.48. The van der Waals surface area contributed by atoms with Crippen molar-refractivity contribution in [2.24, 2.45) is 0 Å². The first-order valence-electron chi connectivity index (χ1n) is 13.0. The van der Waals surface area contributed by atoms with E-state index < -0.39 is 5.82 Å². The van der Waals surface area contributed by atoms with Crippen LogP contribution in [0.1, 0.15) is 24.0 Å². The molecule has 9 heteroatoms. The maximum Gasteiger partial charge on any atom is 0.141 e. The van der Waals surface area contributed by atoms with Crippen LogP contribution in [0.2, 0.25) is 5.02 Å². The lowest BCUT2D eigenvalue weighted by atomic mass is 9.96. The predicted octanol–water partition coefficient (Wildman–Crippen LogP) is 5.60. The van der Waals surface area contributed by atoms with E-state index >= 15 is 0 Å². The van der Waals surface area contributed by atoms with Crippen molar-refractivity contribution in [3.63, 3.8) is 0 Å². The molecule has 3 aromatic carbocycles. The van der Waals surface area contributed by atoms with Gasteiger partial charge in [0.15, 0.2) is 0 Å². The average molecular weight is 544 g/mol. The molecule has 0 atom stereocenters. The molecule has 0 bridgehead atoms. The molecule has 2 N–H and O–H groups in total. The Morgan fingerprint density at radius 1 is 1.05 bits per heavy atom. The number of aryl methyl sites for hydroxylation is 1. The Morgan fingerprint density at radius 3 is 2.54 bits per heavy atom. The summed E-state index contributed by atoms with van der Waals surface area (Å²) in [5, 5.41) is 34.4. The van der Waals surface area contributed by atoms with Crippen molar-refractivity contribution >= 4 is 28.2 Å². The van der Waals surface area contributed by atoms with E-state index in [-0.39, 0.29) is 16.9 Å². The van der Waals surface area contributed by atoms with Crippen molar-refractivity contribution in [2.45, 2.75) is 31.8 Å². The number of aromatic hydroxyl groups is 1. The highest BCUT2D eigenvalue weighted by atomic mass is 35.5. The van der Waals surface area contributed by atoms with E-state index in [4.69, 9.17) is 16.3 Å². The lowest BCUT2D eigenvalue weighted by molar-refractivity contribution is -0.0111. The SMILES string of the molecule is Cc1cc(Cl)cc(-c2nnc3ccc(-c4cc(F)cc(C#N)c4O)cc3c2N2CCC(NC3COC3)CC2)c1. The van der Waals surface area contributed by atoms with Crippen LogP contribution in [-0.4, -0.2) is 53.7 Å². The molecule has 2 saturated heterocycles. The van der Waals surface area contributed by atoms with Gasteiger partial charge in [0.1, 0.15) is 23.3 Å². The Balaban J connectivity index is 1.48. The van der Waals surface area contributed by atoms with Crippen LogP contribution in [-0.2, 0) is 4.74 Å². The number of anilines is 1. The fourth-order valence-corrected chi connectivity index (χ4v) is 5.78. The zero-order valence-corrected chi connectivity index (χ0v) is 22.2. The van der Waals surface area contributed by atoms with Crippen molar-refractivity contribution in [1.82, 2.24) is 15.5 Å². The van der Waals surface area contributed by atoms with Gasteiger partial charge in [0.2, 0.25) is 0 Å². The van der Waals surface area contributed by atoms with E-state index in [0.29, 0.717) is 33.9 Å². The van der Waals surface area contributed by atoms with Gasteiger partial charge in [-0.05, 0) is 73.4 Å². The van der Waals surface area contributed by atoms with Gasteiger partial charge in [-0.25, -0.2) is 4.39 Å². The summed E-state index contributed by atoms with van der Waals surface area (Å²) in [6.45, 7) is 5.14. The van der Waals surface area contributed by atoms with Gasteiger partial charge < -0.3 is 20.1 Å². The number of aromatic nitrogens is 2. The number of nitrogens with one attached hydrogen (secondary N) is 1. The molecule has 2 aliphatic rings. The Labute approximate surface area is 230 Å². The Kier molecular flexibility index (Phi) is 6.81. The van der Waals surface area contributed by atoms with Crippen LogP contribution < -0.4 is 10.2 Å². The molecule has 0 amide bonds. The molecule has 0 saturated carbocycles. The standard InChI is InChI=1S/C30H27ClFN5O2/c1-17-8-19(10-21(31)9-17)28-29(37-6-4-23(5-7-37)34-24-15-39-16-24)26-12-18(2-3-27(26)35-36-28)25-13-22(32)11-20(14-33)30(25)38/h2-3,8-13,23-24,34,38H,4-7,15-16H2,1H3. The second-order valence-electron chi connectivity index (χ2n) is 10.3. The third kappa shape index (κ3) is 5.01. The highest BCUT2D eigenvalue weighted by Crippen LogP contribution is 2.41. The van der Waals surface area contributed by atoms with Gasteiger partial charge in [0.25, 0.3) is 0 Å². The molecule has 4 aromatic rings. The fourth-order valence-electron chi connectivity index (χ4n) is 5.49. The molecule has 2 fully saturated rings. The maximum absolute atomic E-state index is 14.4. The van der Waals surface area contributed by atoms with Crippen LogP contribution in [0.4, 0.5) is 10.1 Å². The van der Waals surface area contributed by atoms with Crippen LogP contribution in [0.25, 0.3) is 33.3 Å². The predicted molar refractivity (Wildman–Crippen MR) is 149 cm³/mol. The summed E-state index contributed by atoms with van der Waals surface area (Å²) >= 11 is 6.44. The van der Waals surface area contributed by atoms with Gasteiger partial charge in [-0.15, -0.1) is 10.2 Å². The Morgan fingerprint density at radius 2 is 1.85 bits per heavy atom. The van der Waals surface area contributed by atoms with Gasteiger partial charge in [-0.1, -0.05) is 17.7 Å². The number of fused-ring (bicyclic) bond motifs is 1. The van der Waals surface area contributed by atoms with Crippen molar-refractivity contribution < 1.29 is 14.2 Å². The molecule has 2 aliphatic heterocycles. The lowest BCUT2D eigenvalue weighted by Gasteiger charge is -2.38. The van der Waals surface area contributed by atoms with E-state index in [2.05, 4.69) is 20.4 Å². The van der Waals surface area contributed by atoms with Crippen molar-refractivity contribution in [1.29, 1.82) is 5.26 Å². The number of ether oxygens (including phenoxy) is 1. The molecule has 39 heavy (non-hydrogen) atoms. The van der Waals surface area contributed by atoms with E-state index in [1.165, 1.54) is 6.07 Å². The summed E-state index contributed by atoms with van der Waals surface area (Å²) in [7, 11) is 0. The van der Waals surface area contributed by atoms with E-state index in [0.717, 1.165) is 67.4 Å². The Hall–Kier alpha value is -3.77. The monoisotopic (exact) mass is 543 g/mol. The summed E-state index contributed by atoms with van der Waals surface area (Å²) in [5.74, 6) is -0.839. The molecule has 0 radical (unpaired) electrons. The second kappa shape index (κ2) is 10.4. The average Bonchev–Trinajstić information content (AvgIpc) is 2.90. The number of hydrogen-bond donors (Lipinski definition) is 2. The number of halogens is 2. The summed E-state index contributed by atoms with van der Waals surface area (Å²) in [4.78, 5) is 2.33. The molecule has 6 rings (SSSR count). The minimum absolute atomic E-state index is 0.111. The molecule has 3 heterocycles. The van der Waals surface area contributed by atoms with Crippen molar-refractivity contribution in [3.05, 3.63) is 70.5 Å². The topological polar surface area (TPSA) is 94.3 Å². The van der Waals surface area contributed by atoms with Crippen LogP contribution in [0.5, 0.6) is 5.75 Å². The van der Waals surface area contributed by atoms with Crippen LogP contribution in [0, 0.1) is 24.1 Å². The zero-order valence-electron chi connectivity index (χ0n) is 21.4. The molecule has 0 spiro atoms. The largest absolute Gasteiger partial charge is 0.506 e. The maximum atomic E-state index is 14.4. The van der Waals surface area contributed by atoms with Crippen LogP contribution >= 0.6 is 11.6 Å². The molecule has 198 valence electrons. The molecular formula is C30H27ClFN5O2. The van der Waals surface area contributed by atoms with Crippen molar-refractivity contribution in [2.75, 3.05) is 31.2 Å². The first kappa shape index (κ1) is 25.5. The Bertz CT molecular complexity index is 1590. The summed E-state index contributed by atoms with van der Waals surface area (Å²) < 4.78 is 19.7. The number of piperidine rings is 1. The smallest absolute Gasteiger partial charge is 0.141 e. The van der Waals surface area contributed by atoms with E-state index in [9.17, 15) is 14.8 Å². The molecular weight excluding hydrogens is 517 g/mol. The number of hydrogen-bond acceptors (Lipinski definition) is 7. The summed E-state index contributed by atoms with van der Waals surface area (Å²) in [5.41, 5.74) is 4.91. The lowest BCUT2D eigenvalue weighted by Crippen LogP contribution is -2.53. The quantitative estimate of drug-likeness (QED) is 0.338. The number of phenolic OH excluding ortho intramolecular Hbond substituents is 1. The van der Waals surface area contributed by atoms with E-state index in [1.54, 1.807) is 6.07 Å². The number of benzene rings is 3. The van der Waals surface area contributed by atoms with Gasteiger partial charge in [-0.3, -0.25) is 0 Å². The normalized spacial score (nSPS) is 16.3. The first-order valence-corrected chi connectivity index (χ1v) is 13.4. The number of phenols is 1. The van der Waals surface area contributed by atoms with Crippen LogP contribution in [0.15, 0.2) is 48.5 Å². The highest BCUT2D eigenvalue weighted by molar-refractivity contribution is 6.31. The number of nitriles is 1. The highest BCUT2D eigenvalue weighted by Gasteiger charge is 2.28. The van der Waals surface area contributed by atoms with Crippen molar-refractivity contribution in [3.8, 4) is 34.2 Å². The number of nitrogens with zero attached hydrogens (tertiary/aromatic N) is 4. The number of rotatable bonds is 5. The first-order chi connectivity index (χ1) is 18.9. The molecule has 1 aromatic heterocycles. The van der Waals surface area contributed by atoms with Gasteiger partial charge in [0, 0.05) is 40.7 Å². The molecule has 7 nitrogen and oxygen atoms in total. The minimum atomic E-state index is -0.589. The fraction of sp³-hybridized carbons (Fsp3) is 0.300. The summed E-state index contributed by atoms with van der Waals surface area (Å²) in [6, 6.07) is 16.3. The van der Waals surface area contributed by atoms with Gasteiger partial charge in [0.05, 0.1) is 36.0 Å². The zero-order chi connectivity index (χ0) is 27.1.